The van der Waals surface area contributed by atoms with Crippen LogP contribution in [0.2, 0.25) is 0 Å². The monoisotopic (exact) mass is 474 g/mol. The van der Waals surface area contributed by atoms with Crippen molar-refractivity contribution in [2.45, 2.75) is 38.0 Å². The van der Waals surface area contributed by atoms with E-state index < -0.39 is 18.1 Å². The van der Waals surface area contributed by atoms with E-state index in [4.69, 9.17) is 4.74 Å². The number of hydrogen-bond acceptors (Lipinski definition) is 7. The van der Waals surface area contributed by atoms with E-state index in [-0.39, 0.29) is 31.3 Å². The molecule has 0 bridgehead atoms. The Morgan fingerprint density at radius 1 is 1.29 bits per heavy atom. The van der Waals surface area contributed by atoms with Gasteiger partial charge in [-0.2, -0.15) is 4.98 Å². The first-order chi connectivity index (χ1) is 16.2. The predicted molar refractivity (Wildman–Crippen MR) is 121 cm³/mol. The molecule has 4 heterocycles. The number of methoxy groups -OCH3 is 1. The molecule has 9 nitrogen and oxygen atoms in total. The van der Waals surface area contributed by atoms with Crippen molar-refractivity contribution in [3.8, 4) is 17.0 Å². The number of anilines is 1. The largest absolute Gasteiger partial charge is 0.479 e. The Kier molecular flexibility index (Phi) is 5.54. The minimum atomic E-state index is -2.91. The first-order valence-corrected chi connectivity index (χ1v) is 11.0. The van der Waals surface area contributed by atoms with Gasteiger partial charge in [0.25, 0.3) is 5.92 Å². The number of halogens is 3. The minimum absolute atomic E-state index is 0.0652. The van der Waals surface area contributed by atoms with E-state index >= 15 is 0 Å². The van der Waals surface area contributed by atoms with E-state index in [1.165, 1.54) is 18.7 Å². The Hall–Kier alpha value is -3.41. The summed E-state index contributed by atoms with van der Waals surface area (Å²) in [6.07, 6.45) is 0.916. The summed E-state index contributed by atoms with van der Waals surface area (Å²) in [5.41, 5.74) is 3.52. The van der Waals surface area contributed by atoms with Gasteiger partial charge in [-0.25, -0.2) is 22.4 Å². The summed E-state index contributed by atoms with van der Waals surface area (Å²) >= 11 is 0. The van der Waals surface area contributed by atoms with Gasteiger partial charge >= 0.3 is 0 Å². The lowest BCUT2D eigenvalue weighted by Crippen LogP contribution is -2.53. The summed E-state index contributed by atoms with van der Waals surface area (Å²) in [7, 11) is 3.15. The molecule has 1 fully saturated rings. The van der Waals surface area contributed by atoms with Crippen molar-refractivity contribution in [1.82, 2.24) is 34.5 Å². The SMILES string of the molecule is COc1nc(N[C@@H]2CCN(C)CC2(F)F)nn2ccc(-c3ccc4nnn(C[C@H](C)F)c4c3)c12. The number of alkyl halides is 3. The molecule has 180 valence electrons. The molecule has 0 amide bonds. The highest BCUT2D eigenvalue weighted by Crippen LogP contribution is 2.34. The number of benzene rings is 1. The third kappa shape index (κ3) is 4.02. The number of rotatable bonds is 6. The fourth-order valence-corrected chi connectivity index (χ4v) is 4.38. The highest BCUT2D eigenvalue weighted by atomic mass is 19.3. The Labute approximate surface area is 193 Å². The van der Waals surface area contributed by atoms with Crippen molar-refractivity contribution in [3.05, 3.63) is 30.5 Å². The second-order valence-corrected chi connectivity index (χ2v) is 8.71. The van der Waals surface area contributed by atoms with Crippen molar-refractivity contribution in [2.75, 3.05) is 32.6 Å². The van der Waals surface area contributed by atoms with E-state index in [1.807, 2.05) is 24.3 Å². The molecule has 1 saturated heterocycles. The van der Waals surface area contributed by atoms with Gasteiger partial charge in [-0.1, -0.05) is 11.3 Å². The smallest absolute Gasteiger partial charge is 0.280 e. The Morgan fingerprint density at radius 3 is 2.85 bits per heavy atom. The molecular weight excluding hydrogens is 449 g/mol. The summed E-state index contributed by atoms with van der Waals surface area (Å²) in [5.74, 6) is -2.60. The topological polar surface area (TPSA) is 85.4 Å². The van der Waals surface area contributed by atoms with Gasteiger partial charge in [-0.05, 0) is 44.2 Å². The lowest BCUT2D eigenvalue weighted by molar-refractivity contribution is -0.0675. The molecule has 1 aliphatic heterocycles. The maximum absolute atomic E-state index is 14.5. The van der Waals surface area contributed by atoms with Crippen molar-refractivity contribution >= 4 is 22.5 Å². The number of nitrogens with zero attached hydrogens (tertiary/aromatic N) is 7. The van der Waals surface area contributed by atoms with Gasteiger partial charge in [0.1, 0.15) is 17.2 Å². The zero-order valence-corrected chi connectivity index (χ0v) is 19.0. The lowest BCUT2D eigenvalue weighted by Gasteiger charge is -2.36. The summed E-state index contributed by atoms with van der Waals surface area (Å²) in [6.45, 7) is 1.79. The van der Waals surface area contributed by atoms with Crippen LogP contribution in [-0.2, 0) is 6.54 Å². The lowest BCUT2D eigenvalue weighted by atomic mass is 10.0. The Balaban J connectivity index is 1.52. The molecule has 0 spiro atoms. The van der Waals surface area contributed by atoms with Crippen LogP contribution >= 0.6 is 0 Å². The summed E-state index contributed by atoms with van der Waals surface area (Å²) in [4.78, 5) is 5.98. The number of fused-ring (bicyclic) bond motifs is 2. The maximum atomic E-state index is 14.5. The second kappa shape index (κ2) is 8.42. The molecule has 4 aromatic rings. The average Bonchev–Trinajstić information content (AvgIpc) is 3.38. The summed E-state index contributed by atoms with van der Waals surface area (Å²) in [5, 5.41) is 15.3. The van der Waals surface area contributed by atoms with Gasteiger partial charge in [0, 0.05) is 18.3 Å². The minimum Gasteiger partial charge on any atom is -0.479 e. The number of aromatic nitrogens is 6. The molecule has 1 aliphatic rings. The zero-order chi connectivity index (χ0) is 24.0. The highest BCUT2D eigenvalue weighted by Gasteiger charge is 2.44. The highest BCUT2D eigenvalue weighted by molar-refractivity contribution is 5.89. The van der Waals surface area contributed by atoms with E-state index in [2.05, 4.69) is 25.7 Å². The number of nitrogens with one attached hydrogen (secondary N) is 1. The van der Waals surface area contributed by atoms with Gasteiger partial charge in [0.15, 0.2) is 0 Å². The molecule has 1 N–H and O–H groups in total. The van der Waals surface area contributed by atoms with Crippen LogP contribution in [0.15, 0.2) is 30.5 Å². The third-order valence-electron chi connectivity index (χ3n) is 6.02. The van der Waals surface area contributed by atoms with Crippen molar-refractivity contribution in [1.29, 1.82) is 0 Å². The first-order valence-electron chi connectivity index (χ1n) is 11.0. The van der Waals surface area contributed by atoms with Gasteiger partial charge in [0.05, 0.1) is 31.8 Å². The molecule has 0 unspecified atom stereocenters. The van der Waals surface area contributed by atoms with Gasteiger partial charge in [-0.15, -0.1) is 10.2 Å². The molecule has 5 rings (SSSR count). The predicted octanol–water partition coefficient (Wildman–Crippen LogP) is 3.26. The number of ether oxygens (including phenoxy) is 1. The van der Waals surface area contributed by atoms with Crippen LogP contribution in [0.4, 0.5) is 19.1 Å². The quantitative estimate of drug-likeness (QED) is 0.459. The fraction of sp³-hybridized carbons (Fsp3) is 0.455. The number of piperidine rings is 1. The van der Waals surface area contributed by atoms with E-state index in [9.17, 15) is 13.2 Å². The molecular formula is C22H25F3N8O. The van der Waals surface area contributed by atoms with E-state index in [0.29, 0.717) is 23.1 Å². The Morgan fingerprint density at radius 2 is 2.12 bits per heavy atom. The molecule has 34 heavy (non-hydrogen) atoms. The van der Waals surface area contributed by atoms with Gasteiger partial charge < -0.3 is 15.0 Å². The molecule has 2 atom stereocenters. The average molecular weight is 474 g/mol. The number of likely N-dealkylation sites (tertiary alicyclic amines) is 1. The van der Waals surface area contributed by atoms with Crippen LogP contribution in [0.1, 0.15) is 13.3 Å². The second-order valence-electron chi connectivity index (χ2n) is 8.71. The summed E-state index contributed by atoms with van der Waals surface area (Å²) in [6, 6.07) is 6.33. The normalized spacial score (nSPS) is 19.5. The Bertz CT molecular complexity index is 1330. The van der Waals surface area contributed by atoms with Crippen LogP contribution in [0, 0.1) is 0 Å². The number of hydrogen-bond donors (Lipinski definition) is 1. The zero-order valence-electron chi connectivity index (χ0n) is 19.0. The molecule has 0 saturated carbocycles. The van der Waals surface area contributed by atoms with Crippen LogP contribution in [0.5, 0.6) is 5.88 Å². The molecule has 1 aromatic carbocycles. The van der Waals surface area contributed by atoms with Crippen LogP contribution in [0.25, 0.3) is 27.7 Å². The van der Waals surface area contributed by atoms with Crippen molar-refractivity contribution in [2.24, 2.45) is 0 Å². The van der Waals surface area contributed by atoms with E-state index in [0.717, 1.165) is 11.1 Å². The summed E-state index contributed by atoms with van der Waals surface area (Å²) < 4.78 is 51.2. The molecule has 0 radical (unpaired) electrons. The molecule has 12 heteroatoms. The van der Waals surface area contributed by atoms with Crippen LogP contribution < -0.4 is 10.1 Å². The third-order valence-corrected chi connectivity index (χ3v) is 6.02. The molecule has 0 aliphatic carbocycles. The first kappa shape index (κ1) is 22.4. The fourth-order valence-electron chi connectivity index (χ4n) is 4.38. The van der Waals surface area contributed by atoms with Crippen molar-refractivity contribution in [3.63, 3.8) is 0 Å². The van der Waals surface area contributed by atoms with Crippen LogP contribution in [-0.4, -0.2) is 79.9 Å². The maximum Gasteiger partial charge on any atom is 0.280 e. The standard InChI is InChI=1S/C22H25F3N8O/c1-13(23)11-33-17-10-14(4-5-16(17)28-30-33)15-6-9-32-19(15)20(34-3)27-21(29-32)26-18-7-8-31(2)12-22(18,24)25/h4-6,9-10,13,18H,7-8,11-12H2,1-3H3,(H,26,29)/t13-,18+/m0/s1. The van der Waals surface area contributed by atoms with Crippen LogP contribution in [0.3, 0.4) is 0 Å². The van der Waals surface area contributed by atoms with Gasteiger partial charge in [-0.3, -0.25) is 0 Å². The molecule has 3 aromatic heterocycles. The van der Waals surface area contributed by atoms with E-state index in [1.54, 1.807) is 22.7 Å². The van der Waals surface area contributed by atoms with Gasteiger partial charge in [0.2, 0.25) is 11.8 Å². The van der Waals surface area contributed by atoms with Crippen molar-refractivity contribution < 1.29 is 17.9 Å².